The van der Waals surface area contributed by atoms with E-state index in [1.165, 1.54) is 4.90 Å². The zero-order chi connectivity index (χ0) is 13.0. The van der Waals surface area contributed by atoms with Crippen LogP contribution in [0.4, 0.5) is 0 Å². The van der Waals surface area contributed by atoms with Crippen molar-refractivity contribution in [2.75, 3.05) is 13.2 Å². The number of carbonyl (C=O) groups is 1. The summed E-state index contributed by atoms with van der Waals surface area (Å²) in [7, 11) is 0. The van der Waals surface area contributed by atoms with E-state index in [4.69, 9.17) is 5.11 Å². The molecular weight excluding hydrogens is 254 g/mol. The first kappa shape index (κ1) is 12.7. The van der Waals surface area contributed by atoms with Crippen LogP contribution in [0.5, 0.6) is 0 Å². The minimum absolute atomic E-state index is 0.108. The van der Waals surface area contributed by atoms with E-state index in [2.05, 4.69) is 18.7 Å². The van der Waals surface area contributed by atoms with E-state index >= 15 is 0 Å². The fourth-order valence-electron chi connectivity index (χ4n) is 1.51. The molecule has 0 bridgehead atoms. The highest BCUT2D eigenvalue weighted by Gasteiger charge is 2.21. The van der Waals surface area contributed by atoms with Crippen LogP contribution in [0.2, 0.25) is 0 Å². The summed E-state index contributed by atoms with van der Waals surface area (Å²) in [6.45, 7) is 2.17. The molecule has 0 atom stereocenters. The zero-order valence-corrected chi connectivity index (χ0v) is 10.6. The van der Waals surface area contributed by atoms with E-state index in [1.54, 1.807) is 19.3 Å². The summed E-state index contributed by atoms with van der Waals surface area (Å²) in [6, 6.07) is 0. The van der Waals surface area contributed by atoms with Crippen LogP contribution in [-0.2, 0) is 6.54 Å². The topological polar surface area (TPSA) is 95.0 Å². The van der Waals surface area contributed by atoms with Gasteiger partial charge in [-0.1, -0.05) is 0 Å². The van der Waals surface area contributed by atoms with Crippen LogP contribution in [0.15, 0.2) is 12.4 Å². The van der Waals surface area contributed by atoms with Crippen molar-refractivity contribution in [1.82, 2.24) is 23.6 Å². The van der Waals surface area contributed by atoms with Gasteiger partial charge in [0.25, 0.3) is 5.91 Å². The Morgan fingerprint density at radius 2 is 2.39 bits per heavy atom. The minimum Gasteiger partial charge on any atom is -0.395 e. The lowest BCUT2D eigenvalue weighted by Crippen LogP contribution is -2.34. The molecule has 0 aromatic carbocycles. The van der Waals surface area contributed by atoms with Crippen molar-refractivity contribution in [3.05, 3.63) is 29.6 Å². The molecule has 2 heterocycles. The molecule has 18 heavy (non-hydrogen) atoms. The summed E-state index contributed by atoms with van der Waals surface area (Å²) in [4.78, 5) is 20.7. The van der Waals surface area contributed by atoms with Crippen molar-refractivity contribution in [1.29, 1.82) is 0 Å². The maximum absolute atomic E-state index is 12.2. The van der Waals surface area contributed by atoms with E-state index in [9.17, 15) is 4.79 Å². The third-order valence-corrected chi connectivity index (χ3v) is 3.03. The third-order valence-electron chi connectivity index (χ3n) is 2.41. The average Bonchev–Trinajstić information content (AvgIpc) is 2.99. The Hall–Kier alpha value is -1.80. The highest BCUT2D eigenvalue weighted by Crippen LogP contribution is 2.10. The standard InChI is InChI=1S/C10H13N5O2S/c1-7-9(14-18-13-7)10(17)15(4-5-16)6-8-11-2-3-12-8/h2-3,16H,4-6H2,1H3,(H,11,12). The molecule has 96 valence electrons. The highest BCUT2D eigenvalue weighted by atomic mass is 32.1. The van der Waals surface area contributed by atoms with Gasteiger partial charge in [0, 0.05) is 18.9 Å². The van der Waals surface area contributed by atoms with E-state index in [0.717, 1.165) is 11.7 Å². The van der Waals surface area contributed by atoms with Crippen LogP contribution in [0.3, 0.4) is 0 Å². The first-order valence-electron chi connectivity index (χ1n) is 5.40. The Balaban J connectivity index is 2.15. The maximum atomic E-state index is 12.2. The molecule has 0 aliphatic carbocycles. The number of aromatic nitrogens is 4. The predicted octanol–water partition coefficient (Wildman–Crippen LogP) is 0.204. The molecule has 0 aliphatic heterocycles. The van der Waals surface area contributed by atoms with Crippen LogP contribution in [-0.4, -0.2) is 47.8 Å². The van der Waals surface area contributed by atoms with Gasteiger partial charge in [0.2, 0.25) is 0 Å². The van der Waals surface area contributed by atoms with E-state index in [-0.39, 0.29) is 19.1 Å². The van der Waals surface area contributed by atoms with Crippen molar-refractivity contribution in [2.24, 2.45) is 0 Å². The van der Waals surface area contributed by atoms with E-state index < -0.39 is 0 Å². The Morgan fingerprint density at radius 3 is 2.94 bits per heavy atom. The molecule has 2 rings (SSSR count). The number of nitrogens with zero attached hydrogens (tertiary/aromatic N) is 4. The molecule has 0 radical (unpaired) electrons. The number of aryl methyl sites for hydroxylation is 1. The number of hydrogen-bond acceptors (Lipinski definition) is 6. The molecule has 0 fully saturated rings. The number of nitrogens with one attached hydrogen (secondary N) is 1. The Kier molecular flexibility index (Phi) is 4.00. The number of aliphatic hydroxyl groups is 1. The monoisotopic (exact) mass is 267 g/mol. The molecule has 2 aromatic heterocycles. The number of amides is 1. The third kappa shape index (κ3) is 2.71. The molecule has 7 nitrogen and oxygen atoms in total. The Bertz CT molecular complexity index is 510. The number of imidazole rings is 1. The largest absolute Gasteiger partial charge is 0.395 e. The molecule has 0 unspecified atom stereocenters. The molecular formula is C10H13N5O2S. The van der Waals surface area contributed by atoms with Gasteiger partial charge >= 0.3 is 0 Å². The number of aromatic amines is 1. The van der Waals surface area contributed by atoms with E-state index in [1.807, 2.05) is 0 Å². The van der Waals surface area contributed by atoms with Crippen molar-refractivity contribution >= 4 is 17.6 Å². The zero-order valence-electron chi connectivity index (χ0n) is 9.83. The Morgan fingerprint density at radius 1 is 1.56 bits per heavy atom. The predicted molar refractivity (Wildman–Crippen MR) is 65.1 cm³/mol. The summed E-state index contributed by atoms with van der Waals surface area (Å²) >= 11 is 1.00. The number of H-pyrrole nitrogens is 1. The molecule has 1 amide bonds. The SMILES string of the molecule is Cc1nsnc1C(=O)N(CCO)Cc1ncc[nH]1. The van der Waals surface area contributed by atoms with Gasteiger partial charge in [-0.05, 0) is 6.92 Å². The molecule has 0 spiro atoms. The lowest BCUT2D eigenvalue weighted by molar-refractivity contribution is 0.0697. The lowest BCUT2D eigenvalue weighted by atomic mass is 10.3. The average molecular weight is 267 g/mol. The molecule has 2 N–H and O–H groups in total. The molecule has 8 heteroatoms. The highest BCUT2D eigenvalue weighted by molar-refractivity contribution is 6.99. The summed E-state index contributed by atoms with van der Waals surface area (Å²) in [5, 5.41) is 9.02. The van der Waals surface area contributed by atoms with Crippen molar-refractivity contribution in [3.63, 3.8) is 0 Å². The second-order valence-corrected chi connectivity index (χ2v) is 4.21. The first-order valence-corrected chi connectivity index (χ1v) is 6.13. The summed E-state index contributed by atoms with van der Waals surface area (Å²) in [6.07, 6.45) is 3.30. The van der Waals surface area contributed by atoms with Crippen molar-refractivity contribution in [2.45, 2.75) is 13.5 Å². The Labute approximate surface area is 108 Å². The van der Waals surface area contributed by atoms with Crippen LogP contribution in [0.25, 0.3) is 0 Å². The van der Waals surface area contributed by atoms with Crippen molar-refractivity contribution in [3.8, 4) is 0 Å². The molecule has 2 aromatic rings. The van der Waals surface area contributed by atoms with Gasteiger partial charge in [-0.15, -0.1) is 0 Å². The van der Waals surface area contributed by atoms with Crippen LogP contribution in [0.1, 0.15) is 22.0 Å². The fraction of sp³-hybridized carbons (Fsp3) is 0.400. The van der Waals surface area contributed by atoms with Crippen LogP contribution in [0, 0.1) is 6.92 Å². The molecule has 0 aliphatic rings. The minimum atomic E-state index is -0.244. The summed E-state index contributed by atoms with van der Waals surface area (Å²) in [5.41, 5.74) is 0.937. The smallest absolute Gasteiger partial charge is 0.276 e. The maximum Gasteiger partial charge on any atom is 0.276 e. The number of hydrogen-bond donors (Lipinski definition) is 2. The normalized spacial score (nSPS) is 10.6. The van der Waals surface area contributed by atoms with Gasteiger partial charge in [-0.3, -0.25) is 4.79 Å². The van der Waals surface area contributed by atoms with Crippen molar-refractivity contribution < 1.29 is 9.90 Å². The number of carbonyl (C=O) groups excluding carboxylic acids is 1. The molecule has 0 saturated carbocycles. The summed E-state index contributed by atoms with van der Waals surface area (Å²) < 4.78 is 7.95. The van der Waals surface area contributed by atoms with E-state index in [0.29, 0.717) is 23.8 Å². The second-order valence-electron chi connectivity index (χ2n) is 3.68. The quantitative estimate of drug-likeness (QED) is 0.807. The van der Waals surface area contributed by atoms with Crippen LogP contribution >= 0.6 is 11.7 Å². The van der Waals surface area contributed by atoms with Gasteiger partial charge in [0.05, 0.1) is 30.6 Å². The van der Waals surface area contributed by atoms with Gasteiger partial charge in [0.15, 0.2) is 5.69 Å². The lowest BCUT2D eigenvalue weighted by Gasteiger charge is -2.19. The fourth-order valence-corrected chi connectivity index (χ4v) is 2.06. The second kappa shape index (κ2) is 5.69. The van der Waals surface area contributed by atoms with Gasteiger partial charge in [0.1, 0.15) is 5.82 Å². The first-order chi connectivity index (χ1) is 8.72. The number of aliphatic hydroxyl groups excluding tert-OH is 1. The van der Waals surface area contributed by atoms with Gasteiger partial charge < -0.3 is 15.0 Å². The van der Waals surface area contributed by atoms with Gasteiger partial charge in [-0.2, -0.15) is 8.75 Å². The molecule has 0 saturated heterocycles. The van der Waals surface area contributed by atoms with Gasteiger partial charge in [-0.25, -0.2) is 4.98 Å². The van der Waals surface area contributed by atoms with Crippen LogP contribution < -0.4 is 0 Å². The summed E-state index contributed by atoms with van der Waals surface area (Å²) in [5.74, 6) is 0.421. The number of rotatable bonds is 5.